The summed E-state index contributed by atoms with van der Waals surface area (Å²) in [5, 5.41) is 11.6. The quantitative estimate of drug-likeness (QED) is 0.715. The molecule has 0 spiro atoms. The molecule has 0 saturated heterocycles. The Labute approximate surface area is 101 Å². The standard InChI is InChI=1S/C12H20N2O3/c1-3-4-7-14(2)12(17)13-10-6-5-9(8-10)11(15)16/h5-6,9-10H,3-4,7-8H2,1-2H3,(H,13,17)(H,15,16). The second-order valence-electron chi connectivity index (χ2n) is 4.40. The summed E-state index contributed by atoms with van der Waals surface area (Å²) in [5.41, 5.74) is 0. The Hall–Kier alpha value is -1.52. The van der Waals surface area contributed by atoms with Crippen molar-refractivity contribution in [2.24, 2.45) is 5.92 Å². The summed E-state index contributed by atoms with van der Waals surface area (Å²) in [6.45, 7) is 2.80. The molecule has 2 atom stereocenters. The molecule has 0 fully saturated rings. The Balaban J connectivity index is 2.33. The summed E-state index contributed by atoms with van der Waals surface area (Å²) < 4.78 is 0. The first kappa shape index (κ1) is 13.5. The molecule has 0 radical (unpaired) electrons. The number of carbonyl (C=O) groups is 2. The number of nitrogens with zero attached hydrogens (tertiary/aromatic N) is 1. The lowest BCUT2D eigenvalue weighted by molar-refractivity contribution is -0.140. The van der Waals surface area contributed by atoms with Crippen LogP contribution in [0.2, 0.25) is 0 Å². The Morgan fingerprint density at radius 1 is 1.47 bits per heavy atom. The number of unbranched alkanes of at least 4 members (excludes halogenated alkanes) is 1. The second kappa shape index (κ2) is 6.27. The van der Waals surface area contributed by atoms with Gasteiger partial charge in [-0.2, -0.15) is 0 Å². The molecule has 1 aliphatic rings. The number of hydrogen-bond acceptors (Lipinski definition) is 2. The largest absolute Gasteiger partial charge is 0.481 e. The SMILES string of the molecule is CCCCN(C)C(=O)NC1C=CC(C(=O)O)C1. The van der Waals surface area contributed by atoms with Gasteiger partial charge in [0.2, 0.25) is 0 Å². The summed E-state index contributed by atoms with van der Waals surface area (Å²) in [5.74, 6) is -1.31. The summed E-state index contributed by atoms with van der Waals surface area (Å²) in [6.07, 6.45) is 5.86. The van der Waals surface area contributed by atoms with E-state index >= 15 is 0 Å². The summed E-state index contributed by atoms with van der Waals surface area (Å²) in [7, 11) is 1.75. The minimum Gasteiger partial charge on any atom is -0.481 e. The van der Waals surface area contributed by atoms with Crippen LogP contribution in [0.5, 0.6) is 0 Å². The molecule has 5 heteroatoms. The van der Waals surface area contributed by atoms with Gasteiger partial charge in [-0.1, -0.05) is 25.5 Å². The fraction of sp³-hybridized carbons (Fsp3) is 0.667. The van der Waals surface area contributed by atoms with Gasteiger partial charge in [-0.15, -0.1) is 0 Å². The molecule has 0 aliphatic heterocycles. The Bertz CT molecular complexity index is 315. The highest BCUT2D eigenvalue weighted by Gasteiger charge is 2.25. The summed E-state index contributed by atoms with van der Waals surface area (Å²) >= 11 is 0. The Morgan fingerprint density at radius 3 is 2.71 bits per heavy atom. The lowest BCUT2D eigenvalue weighted by Crippen LogP contribution is -2.42. The molecule has 0 saturated carbocycles. The minimum atomic E-state index is -0.836. The summed E-state index contributed by atoms with van der Waals surface area (Å²) in [4.78, 5) is 24.1. The van der Waals surface area contributed by atoms with Gasteiger partial charge in [0, 0.05) is 13.6 Å². The van der Waals surface area contributed by atoms with Gasteiger partial charge in [0.05, 0.1) is 12.0 Å². The van der Waals surface area contributed by atoms with Gasteiger partial charge in [-0.3, -0.25) is 4.79 Å². The monoisotopic (exact) mass is 240 g/mol. The van der Waals surface area contributed by atoms with Crippen molar-refractivity contribution in [3.63, 3.8) is 0 Å². The minimum absolute atomic E-state index is 0.140. The van der Waals surface area contributed by atoms with Crippen molar-refractivity contribution in [2.75, 3.05) is 13.6 Å². The molecule has 2 N–H and O–H groups in total. The van der Waals surface area contributed by atoms with E-state index in [0.717, 1.165) is 19.4 Å². The van der Waals surface area contributed by atoms with E-state index in [4.69, 9.17) is 5.11 Å². The Morgan fingerprint density at radius 2 is 2.18 bits per heavy atom. The molecule has 1 aliphatic carbocycles. The zero-order chi connectivity index (χ0) is 12.8. The van der Waals surface area contributed by atoms with E-state index in [-0.39, 0.29) is 12.1 Å². The molecule has 0 aromatic heterocycles. The highest BCUT2D eigenvalue weighted by molar-refractivity contribution is 5.76. The first-order valence-electron chi connectivity index (χ1n) is 5.97. The van der Waals surface area contributed by atoms with Gasteiger partial charge in [0.1, 0.15) is 0 Å². The third kappa shape index (κ3) is 4.09. The number of carboxylic acid groups (broad SMARTS) is 1. The topological polar surface area (TPSA) is 69.6 Å². The van der Waals surface area contributed by atoms with Crippen molar-refractivity contribution in [1.82, 2.24) is 10.2 Å². The first-order valence-corrected chi connectivity index (χ1v) is 5.97. The van der Waals surface area contributed by atoms with Crippen LogP contribution in [0.1, 0.15) is 26.2 Å². The van der Waals surface area contributed by atoms with Gasteiger partial charge in [-0.05, 0) is 12.8 Å². The molecular formula is C12H20N2O3. The van der Waals surface area contributed by atoms with Crippen molar-refractivity contribution < 1.29 is 14.7 Å². The lowest BCUT2D eigenvalue weighted by atomic mass is 10.1. The molecule has 17 heavy (non-hydrogen) atoms. The molecule has 0 bridgehead atoms. The van der Waals surface area contributed by atoms with Crippen molar-refractivity contribution in [3.05, 3.63) is 12.2 Å². The zero-order valence-electron chi connectivity index (χ0n) is 10.3. The van der Waals surface area contributed by atoms with Crippen LogP contribution in [0.4, 0.5) is 4.79 Å². The zero-order valence-corrected chi connectivity index (χ0v) is 10.3. The number of amides is 2. The van der Waals surface area contributed by atoms with Crippen LogP contribution < -0.4 is 5.32 Å². The fourth-order valence-corrected chi connectivity index (χ4v) is 1.75. The van der Waals surface area contributed by atoms with E-state index in [9.17, 15) is 9.59 Å². The molecule has 0 heterocycles. The number of nitrogens with one attached hydrogen (secondary N) is 1. The molecule has 96 valence electrons. The van der Waals surface area contributed by atoms with Crippen LogP contribution in [0.15, 0.2) is 12.2 Å². The van der Waals surface area contributed by atoms with Crippen molar-refractivity contribution in [1.29, 1.82) is 0 Å². The molecule has 5 nitrogen and oxygen atoms in total. The third-order valence-electron chi connectivity index (χ3n) is 2.90. The number of aliphatic carboxylic acids is 1. The van der Waals surface area contributed by atoms with E-state index in [1.807, 2.05) is 0 Å². The van der Waals surface area contributed by atoms with Crippen LogP contribution in [0.3, 0.4) is 0 Å². The normalized spacial score (nSPS) is 22.5. The number of rotatable bonds is 5. The van der Waals surface area contributed by atoms with Crippen LogP contribution in [0.25, 0.3) is 0 Å². The van der Waals surface area contributed by atoms with Crippen LogP contribution in [0, 0.1) is 5.92 Å². The molecule has 1 rings (SSSR count). The van der Waals surface area contributed by atoms with E-state index in [2.05, 4.69) is 12.2 Å². The second-order valence-corrected chi connectivity index (χ2v) is 4.40. The highest BCUT2D eigenvalue weighted by atomic mass is 16.4. The van der Waals surface area contributed by atoms with E-state index in [0.29, 0.717) is 6.42 Å². The molecule has 2 amide bonds. The first-order chi connectivity index (χ1) is 8.04. The summed E-state index contributed by atoms with van der Waals surface area (Å²) in [6, 6.07) is -0.299. The van der Waals surface area contributed by atoms with Gasteiger partial charge in [0.25, 0.3) is 0 Å². The van der Waals surface area contributed by atoms with Crippen molar-refractivity contribution >= 4 is 12.0 Å². The van der Waals surface area contributed by atoms with Crippen molar-refractivity contribution in [3.8, 4) is 0 Å². The van der Waals surface area contributed by atoms with Crippen LogP contribution >= 0.6 is 0 Å². The number of urea groups is 1. The number of carbonyl (C=O) groups excluding carboxylic acids is 1. The molecule has 0 aromatic carbocycles. The predicted octanol–water partition coefficient (Wildman–Crippen LogP) is 1.46. The average molecular weight is 240 g/mol. The fourth-order valence-electron chi connectivity index (χ4n) is 1.75. The average Bonchev–Trinajstić information content (AvgIpc) is 2.74. The van der Waals surface area contributed by atoms with Gasteiger partial charge < -0.3 is 15.3 Å². The van der Waals surface area contributed by atoms with E-state index in [1.54, 1.807) is 24.1 Å². The van der Waals surface area contributed by atoms with Gasteiger partial charge >= 0.3 is 12.0 Å². The predicted molar refractivity (Wildman–Crippen MR) is 64.7 cm³/mol. The lowest BCUT2D eigenvalue weighted by Gasteiger charge is -2.20. The van der Waals surface area contributed by atoms with E-state index in [1.165, 1.54) is 0 Å². The smallest absolute Gasteiger partial charge is 0.317 e. The maximum atomic E-state index is 11.7. The maximum absolute atomic E-state index is 11.7. The van der Waals surface area contributed by atoms with E-state index < -0.39 is 11.9 Å². The molecular weight excluding hydrogens is 220 g/mol. The molecule has 0 aromatic rings. The number of hydrogen-bond donors (Lipinski definition) is 2. The van der Waals surface area contributed by atoms with Crippen LogP contribution in [-0.4, -0.2) is 41.6 Å². The molecule has 2 unspecified atom stereocenters. The maximum Gasteiger partial charge on any atom is 0.317 e. The van der Waals surface area contributed by atoms with Gasteiger partial charge in [0.15, 0.2) is 0 Å². The van der Waals surface area contributed by atoms with Crippen molar-refractivity contribution in [2.45, 2.75) is 32.2 Å². The van der Waals surface area contributed by atoms with Crippen LogP contribution in [-0.2, 0) is 4.79 Å². The third-order valence-corrected chi connectivity index (χ3v) is 2.90. The highest BCUT2D eigenvalue weighted by Crippen LogP contribution is 2.18. The van der Waals surface area contributed by atoms with Gasteiger partial charge in [-0.25, -0.2) is 4.79 Å². The Kier molecular flexibility index (Phi) is 5.00. The number of carboxylic acids is 1.